The van der Waals surface area contributed by atoms with Gasteiger partial charge >= 0.3 is 0 Å². The Bertz CT molecular complexity index is 276. The Morgan fingerprint density at radius 1 is 1.25 bits per heavy atom. The Kier molecular flexibility index (Phi) is 2.99. The zero-order chi connectivity index (χ0) is 11.8. The van der Waals surface area contributed by atoms with E-state index in [1.165, 1.54) is 12.8 Å². The molecule has 0 aliphatic heterocycles. The van der Waals surface area contributed by atoms with Crippen LogP contribution in [-0.2, 0) is 4.79 Å². The lowest BCUT2D eigenvalue weighted by Crippen LogP contribution is -2.53. The number of hydrogen-bond acceptors (Lipinski definition) is 2. The zero-order valence-corrected chi connectivity index (χ0v) is 10.5. The minimum absolute atomic E-state index is 0.0805. The van der Waals surface area contributed by atoms with Crippen molar-refractivity contribution in [1.82, 2.24) is 5.32 Å². The molecule has 3 nitrogen and oxygen atoms in total. The lowest BCUT2D eigenvalue weighted by atomic mass is 9.91. The Morgan fingerprint density at radius 2 is 1.81 bits per heavy atom. The van der Waals surface area contributed by atoms with E-state index in [0.717, 1.165) is 32.2 Å². The fraction of sp³-hybridized carbons (Fsp3) is 0.923. The third-order valence-electron chi connectivity index (χ3n) is 4.67. The van der Waals surface area contributed by atoms with Crippen molar-refractivity contribution in [2.24, 2.45) is 17.1 Å². The molecule has 2 aliphatic carbocycles. The molecule has 2 fully saturated rings. The Hall–Kier alpha value is -0.570. The minimum atomic E-state index is -0.562. The Balaban J connectivity index is 1.84. The molecule has 92 valence electrons. The van der Waals surface area contributed by atoms with Gasteiger partial charge < -0.3 is 11.1 Å². The average Bonchev–Trinajstić information content (AvgIpc) is 2.92. The van der Waals surface area contributed by atoms with Crippen molar-refractivity contribution in [3.8, 4) is 0 Å². The molecule has 2 aliphatic rings. The van der Waals surface area contributed by atoms with Crippen molar-refractivity contribution in [3.63, 3.8) is 0 Å². The standard InChI is InChI=1S/C13H24N2O/c1-10(2)12(7-8-12)9-15-11(16)13(14)5-3-4-6-13/h10H,3-9,14H2,1-2H3,(H,15,16). The van der Waals surface area contributed by atoms with Crippen LogP contribution >= 0.6 is 0 Å². The maximum absolute atomic E-state index is 12.0. The summed E-state index contributed by atoms with van der Waals surface area (Å²) in [6.45, 7) is 5.31. The van der Waals surface area contributed by atoms with Crippen molar-refractivity contribution in [2.75, 3.05) is 6.54 Å². The molecule has 2 rings (SSSR count). The lowest BCUT2D eigenvalue weighted by molar-refractivity contribution is -0.126. The first-order chi connectivity index (χ1) is 7.49. The van der Waals surface area contributed by atoms with Crippen LogP contribution in [0.15, 0.2) is 0 Å². The van der Waals surface area contributed by atoms with Crippen LogP contribution in [0.2, 0.25) is 0 Å². The molecule has 2 saturated carbocycles. The largest absolute Gasteiger partial charge is 0.354 e. The van der Waals surface area contributed by atoms with Gasteiger partial charge in [0.15, 0.2) is 0 Å². The number of carbonyl (C=O) groups is 1. The summed E-state index contributed by atoms with van der Waals surface area (Å²) >= 11 is 0. The zero-order valence-electron chi connectivity index (χ0n) is 10.5. The second-order valence-electron chi connectivity index (χ2n) is 6.06. The second-order valence-corrected chi connectivity index (χ2v) is 6.06. The molecule has 0 saturated heterocycles. The number of nitrogens with two attached hydrogens (primary N) is 1. The van der Waals surface area contributed by atoms with Crippen LogP contribution in [0.5, 0.6) is 0 Å². The van der Waals surface area contributed by atoms with E-state index in [0.29, 0.717) is 11.3 Å². The highest BCUT2D eigenvalue weighted by molar-refractivity contribution is 5.86. The van der Waals surface area contributed by atoms with E-state index >= 15 is 0 Å². The fourth-order valence-corrected chi connectivity index (χ4v) is 2.78. The van der Waals surface area contributed by atoms with E-state index in [1.54, 1.807) is 0 Å². The van der Waals surface area contributed by atoms with Gasteiger partial charge in [-0.05, 0) is 37.0 Å². The first-order valence-electron chi connectivity index (χ1n) is 6.56. The van der Waals surface area contributed by atoms with Gasteiger partial charge in [0, 0.05) is 6.54 Å². The number of amides is 1. The van der Waals surface area contributed by atoms with Crippen molar-refractivity contribution in [3.05, 3.63) is 0 Å². The van der Waals surface area contributed by atoms with Gasteiger partial charge in [0.25, 0.3) is 0 Å². The number of carbonyl (C=O) groups excluding carboxylic acids is 1. The van der Waals surface area contributed by atoms with Gasteiger partial charge in [-0.1, -0.05) is 26.7 Å². The van der Waals surface area contributed by atoms with Gasteiger partial charge in [0.2, 0.25) is 5.91 Å². The Morgan fingerprint density at radius 3 is 2.25 bits per heavy atom. The van der Waals surface area contributed by atoms with Gasteiger partial charge in [0.05, 0.1) is 5.54 Å². The van der Waals surface area contributed by atoms with Gasteiger partial charge in [-0.15, -0.1) is 0 Å². The van der Waals surface area contributed by atoms with Crippen molar-refractivity contribution < 1.29 is 4.79 Å². The van der Waals surface area contributed by atoms with Crippen LogP contribution in [-0.4, -0.2) is 18.0 Å². The molecule has 3 N–H and O–H groups in total. The highest BCUT2D eigenvalue weighted by Crippen LogP contribution is 2.51. The SMILES string of the molecule is CC(C)C1(CNC(=O)C2(N)CCCC2)CC1. The summed E-state index contributed by atoms with van der Waals surface area (Å²) in [4.78, 5) is 12.0. The van der Waals surface area contributed by atoms with Crippen LogP contribution in [0.1, 0.15) is 52.4 Å². The third-order valence-corrected chi connectivity index (χ3v) is 4.67. The molecule has 0 aromatic rings. The predicted octanol–water partition coefficient (Wildman–Crippen LogP) is 1.81. The van der Waals surface area contributed by atoms with Crippen LogP contribution in [0.4, 0.5) is 0 Å². The van der Waals surface area contributed by atoms with E-state index in [1.807, 2.05) is 0 Å². The maximum Gasteiger partial charge on any atom is 0.240 e. The predicted molar refractivity (Wildman–Crippen MR) is 64.9 cm³/mol. The van der Waals surface area contributed by atoms with Gasteiger partial charge in [0.1, 0.15) is 0 Å². The number of hydrogen-bond donors (Lipinski definition) is 2. The summed E-state index contributed by atoms with van der Waals surface area (Å²) in [5.41, 5.74) is 5.93. The molecule has 0 aromatic carbocycles. The molecule has 3 heteroatoms. The average molecular weight is 224 g/mol. The maximum atomic E-state index is 12.0. The quantitative estimate of drug-likeness (QED) is 0.765. The van der Waals surface area contributed by atoms with Gasteiger partial charge in [-0.3, -0.25) is 4.79 Å². The molecule has 0 bridgehead atoms. The Labute approximate surface area is 98.2 Å². The van der Waals surface area contributed by atoms with E-state index in [2.05, 4.69) is 19.2 Å². The van der Waals surface area contributed by atoms with Crippen LogP contribution in [0, 0.1) is 11.3 Å². The summed E-state index contributed by atoms with van der Waals surface area (Å²) in [6.07, 6.45) is 6.41. The highest BCUT2D eigenvalue weighted by Gasteiger charge is 2.46. The molecular formula is C13H24N2O. The molecule has 0 radical (unpaired) electrons. The summed E-state index contributed by atoms with van der Waals surface area (Å²) in [6, 6.07) is 0. The first kappa shape index (κ1) is 11.9. The van der Waals surface area contributed by atoms with Crippen LogP contribution < -0.4 is 11.1 Å². The summed E-state index contributed by atoms with van der Waals surface area (Å²) < 4.78 is 0. The van der Waals surface area contributed by atoms with Gasteiger partial charge in [-0.2, -0.15) is 0 Å². The molecule has 0 unspecified atom stereocenters. The molecule has 0 heterocycles. The lowest BCUT2D eigenvalue weighted by Gasteiger charge is -2.26. The van der Waals surface area contributed by atoms with Crippen molar-refractivity contribution in [2.45, 2.75) is 57.9 Å². The second kappa shape index (κ2) is 4.02. The first-order valence-corrected chi connectivity index (χ1v) is 6.56. The highest BCUT2D eigenvalue weighted by atomic mass is 16.2. The monoisotopic (exact) mass is 224 g/mol. The van der Waals surface area contributed by atoms with E-state index in [-0.39, 0.29) is 5.91 Å². The summed E-state index contributed by atoms with van der Waals surface area (Å²) in [7, 11) is 0. The summed E-state index contributed by atoms with van der Waals surface area (Å²) in [5.74, 6) is 0.738. The van der Waals surface area contributed by atoms with E-state index < -0.39 is 5.54 Å². The third kappa shape index (κ3) is 2.10. The van der Waals surface area contributed by atoms with Crippen LogP contribution in [0.25, 0.3) is 0 Å². The molecule has 0 aromatic heterocycles. The summed E-state index contributed by atoms with van der Waals surface area (Å²) in [5, 5.41) is 3.09. The van der Waals surface area contributed by atoms with E-state index in [9.17, 15) is 4.79 Å². The van der Waals surface area contributed by atoms with Gasteiger partial charge in [-0.25, -0.2) is 0 Å². The molecule has 0 atom stereocenters. The fourth-order valence-electron chi connectivity index (χ4n) is 2.78. The topological polar surface area (TPSA) is 55.1 Å². The van der Waals surface area contributed by atoms with Crippen LogP contribution in [0.3, 0.4) is 0 Å². The van der Waals surface area contributed by atoms with E-state index in [4.69, 9.17) is 5.73 Å². The molecule has 1 amide bonds. The van der Waals surface area contributed by atoms with Crippen molar-refractivity contribution in [1.29, 1.82) is 0 Å². The number of rotatable bonds is 4. The van der Waals surface area contributed by atoms with Crippen molar-refractivity contribution >= 4 is 5.91 Å². The molecule has 0 spiro atoms. The number of nitrogens with one attached hydrogen (secondary N) is 1. The molecular weight excluding hydrogens is 200 g/mol. The normalized spacial score (nSPS) is 25.8. The smallest absolute Gasteiger partial charge is 0.240 e. The molecule has 16 heavy (non-hydrogen) atoms. The minimum Gasteiger partial charge on any atom is -0.354 e.